The van der Waals surface area contributed by atoms with Crippen LogP contribution in [0.15, 0.2) is 48.9 Å². The molecule has 0 bridgehead atoms. The Morgan fingerprint density at radius 2 is 1.82 bits per heavy atom. The SMILES string of the molecule is COc1cc(N2CC(N(C)C)C2)c(OC)cc1Nc1nccc(-c2cnc3c(ccn3C)c2)n1. The fourth-order valence-electron chi connectivity index (χ4n) is 4.20. The number of aromatic nitrogens is 4. The van der Waals surface area contributed by atoms with E-state index in [1.807, 2.05) is 48.3 Å². The molecule has 9 heteroatoms. The fourth-order valence-corrected chi connectivity index (χ4v) is 4.20. The molecule has 176 valence electrons. The highest BCUT2D eigenvalue weighted by Crippen LogP contribution is 2.41. The van der Waals surface area contributed by atoms with Crippen molar-refractivity contribution in [3.63, 3.8) is 0 Å². The van der Waals surface area contributed by atoms with Gasteiger partial charge >= 0.3 is 0 Å². The van der Waals surface area contributed by atoms with Crippen LogP contribution >= 0.6 is 0 Å². The average molecular weight is 460 g/mol. The Balaban J connectivity index is 1.42. The molecule has 0 spiro atoms. The first-order valence-corrected chi connectivity index (χ1v) is 11.2. The molecular weight excluding hydrogens is 430 g/mol. The summed E-state index contributed by atoms with van der Waals surface area (Å²) in [6, 6.07) is 10.5. The minimum absolute atomic E-state index is 0.468. The zero-order valence-electron chi connectivity index (χ0n) is 20.1. The Labute approximate surface area is 199 Å². The lowest BCUT2D eigenvalue weighted by Gasteiger charge is -2.44. The normalized spacial score (nSPS) is 13.9. The van der Waals surface area contributed by atoms with Gasteiger partial charge in [0.2, 0.25) is 5.95 Å². The Bertz CT molecular complexity index is 1330. The summed E-state index contributed by atoms with van der Waals surface area (Å²) >= 11 is 0. The molecule has 0 radical (unpaired) electrons. The Kier molecular flexibility index (Phi) is 5.70. The van der Waals surface area contributed by atoms with Crippen molar-refractivity contribution < 1.29 is 9.47 Å². The summed E-state index contributed by atoms with van der Waals surface area (Å²) in [6.45, 7) is 1.90. The molecule has 1 fully saturated rings. The van der Waals surface area contributed by atoms with Crippen LogP contribution in [0, 0.1) is 0 Å². The van der Waals surface area contributed by atoms with Crippen LogP contribution in [0.5, 0.6) is 11.5 Å². The van der Waals surface area contributed by atoms with Gasteiger partial charge in [0.05, 0.1) is 31.3 Å². The summed E-state index contributed by atoms with van der Waals surface area (Å²) in [5, 5.41) is 4.37. The molecule has 1 saturated heterocycles. The van der Waals surface area contributed by atoms with Crippen LogP contribution in [-0.2, 0) is 7.05 Å². The molecule has 0 aliphatic carbocycles. The molecule has 4 heterocycles. The molecule has 1 aliphatic heterocycles. The van der Waals surface area contributed by atoms with Crippen molar-refractivity contribution in [2.24, 2.45) is 7.05 Å². The zero-order chi connectivity index (χ0) is 23.8. The van der Waals surface area contributed by atoms with Crippen molar-refractivity contribution in [2.45, 2.75) is 6.04 Å². The third-order valence-electron chi connectivity index (χ3n) is 6.34. The maximum atomic E-state index is 5.71. The maximum absolute atomic E-state index is 5.71. The molecule has 1 aliphatic rings. The quantitative estimate of drug-likeness (QED) is 0.450. The number of ether oxygens (including phenoxy) is 2. The number of nitrogens with one attached hydrogen (secondary N) is 1. The number of nitrogens with zero attached hydrogens (tertiary/aromatic N) is 6. The van der Waals surface area contributed by atoms with E-state index in [1.54, 1.807) is 20.4 Å². The number of pyridine rings is 1. The molecule has 34 heavy (non-hydrogen) atoms. The Hall–Kier alpha value is -3.85. The lowest BCUT2D eigenvalue weighted by atomic mass is 10.1. The van der Waals surface area contributed by atoms with Crippen molar-refractivity contribution in [3.8, 4) is 22.8 Å². The van der Waals surface area contributed by atoms with Gasteiger partial charge in [-0.1, -0.05) is 0 Å². The molecular formula is C25H29N7O2. The molecule has 0 unspecified atom stereocenters. The fraction of sp³-hybridized carbons (Fsp3) is 0.320. The zero-order valence-corrected chi connectivity index (χ0v) is 20.1. The van der Waals surface area contributed by atoms with Gasteiger partial charge in [-0.25, -0.2) is 15.0 Å². The second-order valence-electron chi connectivity index (χ2n) is 8.70. The molecule has 0 amide bonds. The van der Waals surface area contributed by atoms with Gasteiger partial charge in [-0.2, -0.15) is 0 Å². The average Bonchev–Trinajstić information content (AvgIpc) is 3.18. The van der Waals surface area contributed by atoms with Gasteiger partial charge in [-0.3, -0.25) is 0 Å². The van der Waals surface area contributed by atoms with E-state index >= 15 is 0 Å². The number of likely N-dealkylation sites (N-methyl/N-ethyl adjacent to an activating group) is 1. The number of fused-ring (bicyclic) bond motifs is 1. The molecule has 0 saturated carbocycles. The number of benzene rings is 1. The van der Waals surface area contributed by atoms with E-state index in [2.05, 4.69) is 45.2 Å². The molecule has 5 rings (SSSR count). The second-order valence-corrected chi connectivity index (χ2v) is 8.70. The number of hydrogen-bond acceptors (Lipinski definition) is 8. The summed E-state index contributed by atoms with van der Waals surface area (Å²) in [5.41, 5.74) is 4.40. The highest BCUT2D eigenvalue weighted by molar-refractivity contribution is 5.81. The minimum atomic E-state index is 0.468. The molecule has 0 atom stereocenters. The van der Waals surface area contributed by atoms with Gasteiger partial charge in [0.1, 0.15) is 17.1 Å². The highest BCUT2D eigenvalue weighted by Gasteiger charge is 2.31. The van der Waals surface area contributed by atoms with Gasteiger partial charge in [-0.05, 0) is 32.3 Å². The number of anilines is 3. The Morgan fingerprint density at radius 1 is 1.03 bits per heavy atom. The number of hydrogen-bond donors (Lipinski definition) is 1. The molecule has 4 aromatic rings. The van der Waals surface area contributed by atoms with Gasteiger partial charge in [0, 0.05) is 67.9 Å². The van der Waals surface area contributed by atoms with E-state index in [-0.39, 0.29) is 0 Å². The standard InChI is InChI=1S/C25H29N7O2/c1-30(2)18-14-32(15-18)21-12-22(33-4)20(11-23(21)34-5)29-25-26-8-6-19(28-25)17-10-16-7-9-31(3)24(16)27-13-17/h6-13,18H,14-15H2,1-5H3,(H,26,28,29). The van der Waals surface area contributed by atoms with Gasteiger partial charge in [0.15, 0.2) is 0 Å². The van der Waals surface area contributed by atoms with Crippen molar-refractivity contribution in [1.82, 2.24) is 24.4 Å². The first-order valence-electron chi connectivity index (χ1n) is 11.2. The summed E-state index contributed by atoms with van der Waals surface area (Å²) in [7, 11) is 9.54. The smallest absolute Gasteiger partial charge is 0.227 e. The van der Waals surface area contributed by atoms with Gasteiger partial charge in [0.25, 0.3) is 0 Å². The van der Waals surface area contributed by atoms with Crippen molar-refractivity contribution in [3.05, 3.63) is 48.9 Å². The third-order valence-corrected chi connectivity index (χ3v) is 6.34. The van der Waals surface area contributed by atoms with Crippen LogP contribution in [0.2, 0.25) is 0 Å². The van der Waals surface area contributed by atoms with E-state index in [0.717, 1.165) is 52.5 Å². The highest BCUT2D eigenvalue weighted by atomic mass is 16.5. The van der Waals surface area contributed by atoms with E-state index in [1.165, 1.54) is 0 Å². The summed E-state index contributed by atoms with van der Waals surface area (Å²) < 4.78 is 13.4. The summed E-state index contributed by atoms with van der Waals surface area (Å²) in [5.74, 6) is 1.94. The molecule has 1 N–H and O–H groups in total. The predicted octanol–water partition coefficient (Wildman–Crippen LogP) is 3.54. The number of aryl methyl sites for hydroxylation is 1. The molecule has 3 aromatic heterocycles. The minimum Gasteiger partial charge on any atom is -0.494 e. The van der Waals surface area contributed by atoms with E-state index < -0.39 is 0 Å². The lowest BCUT2D eigenvalue weighted by Crippen LogP contribution is -2.57. The van der Waals surface area contributed by atoms with Crippen LogP contribution in [0.25, 0.3) is 22.3 Å². The third kappa shape index (κ3) is 3.99. The first-order chi connectivity index (χ1) is 16.5. The monoisotopic (exact) mass is 459 g/mol. The second kappa shape index (κ2) is 8.83. The van der Waals surface area contributed by atoms with Gasteiger partial charge < -0.3 is 29.2 Å². The summed E-state index contributed by atoms with van der Waals surface area (Å²) in [6.07, 6.45) is 5.57. The van der Waals surface area contributed by atoms with Crippen LogP contribution in [0.3, 0.4) is 0 Å². The largest absolute Gasteiger partial charge is 0.494 e. The molecule has 1 aromatic carbocycles. The van der Waals surface area contributed by atoms with Crippen molar-refractivity contribution >= 4 is 28.4 Å². The number of methoxy groups -OCH3 is 2. The Morgan fingerprint density at radius 3 is 2.56 bits per heavy atom. The maximum Gasteiger partial charge on any atom is 0.227 e. The van der Waals surface area contributed by atoms with Crippen molar-refractivity contribution in [1.29, 1.82) is 0 Å². The van der Waals surface area contributed by atoms with Crippen LogP contribution in [-0.4, -0.2) is 71.9 Å². The van der Waals surface area contributed by atoms with Crippen LogP contribution < -0.4 is 19.7 Å². The van der Waals surface area contributed by atoms with Crippen LogP contribution in [0.1, 0.15) is 0 Å². The topological polar surface area (TPSA) is 80.6 Å². The molecule has 9 nitrogen and oxygen atoms in total. The lowest BCUT2D eigenvalue weighted by molar-refractivity contribution is 0.245. The van der Waals surface area contributed by atoms with E-state index in [9.17, 15) is 0 Å². The van der Waals surface area contributed by atoms with Crippen LogP contribution in [0.4, 0.5) is 17.3 Å². The predicted molar refractivity (Wildman–Crippen MR) is 134 cm³/mol. The van der Waals surface area contributed by atoms with E-state index in [0.29, 0.717) is 17.7 Å². The first kappa shape index (κ1) is 22.0. The van der Waals surface area contributed by atoms with E-state index in [4.69, 9.17) is 14.5 Å². The number of rotatable bonds is 7. The van der Waals surface area contributed by atoms with Gasteiger partial charge in [-0.15, -0.1) is 0 Å². The van der Waals surface area contributed by atoms with Crippen molar-refractivity contribution in [2.75, 3.05) is 51.6 Å². The summed E-state index contributed by atoms with van der Waals surface area (Å²) in [4.78, 5) is 18.2.